The summed E-state index contributed by atoms with van der Waals surface area (Å²) in [6, 6.07) is 0. The zero-order chi connectivity index (χ0) is 8.10. The normalized spacial score (nSPS) is 21.4. The van der Waals surface area contributed by atoms with Gasteiger partial charge in [0.25, 0.3) is 0 Å². The highest BCUT2D eigenvalue weighted by Crippen LogP contribution is 2.16. The Kier molecular flexibility index (Phi) is 3.36. The van der Waals surface area contributed by atoms with E-state index in [2.05, 4.69) is 0 Å². The van der Waals surface area contributed by atoms with E-state index in [1.165, 1.54) is 0 Å². The molecule has 1 aliphatic heterocycles. The molecule has 1 heterocycles. The molecule has 0 N–H and O–H groups in total. The monoisotopic (exact) mass is 158 g/mol. The van der Waals surface area contributed by atoms with Gasteiger partial charge in [0.05, 0.1) is 19.3 Å². The van der Waals surface area contributed by atoms with Gasteiger partial charge in [-0.25, -0.2) is 0 Å². The molecular formula is C8H14O3. The van der Waals surface area contributed by atoms with E-state index >= 15 is 0 Å². The van der Waals surface area contributed by atoms with Crippen LogP contribution in [-0.4, -0.2) is 25.3 Å². The van der Waals surface area contributed by atoms with Gasteiger partial charge < -0.3 is 9.47 Å². The Bertz CT molecular complexity index is 129. The van der Waals surface area contributed by atoms with Crippen molar-refractivity contribution in [2.45, 2.75) is 32.3 Å². The van der Waals surface area contributed by atoms with Crippen molar-refractivity contribution in [3.8, 4) is 0 Å². The summed E-state index contributed by atoms with van der Waals surface area (Å²) in [5.74, 6) is -0.0897. The molecule has 0 aliphatic carbocycles. The van der Waals surface area contributed by atoms with Crippen LogP contribution in [0.25, 0.3) is 0 Å². The average molecular weight is 158 g/mol. The lowest BCUT2D eigenvalue weighted by Crippen LogP contribution is -2.03. The molecule has 0 spiro atoms. The maximum absolute atomic E-state index is 10.8. The summed E-state index contributed by atoms with van der Waals surface area (Å²) in [5.41, 5.74) is 0. The minimum atomic E-state index is -0.0897. The Morgan fingerprint density at radius 3 is 3.00 bits per heavy atom. The molecule has 0 unspecified atom stereocenters. The molecule has 1 atom stereocenters. The van der Waals surface area contributed by atoms with Crippen molar-refractivity contribution < 1.29 is 14.3 Å². The van der Waals surface area contributed by atoms with Gasteiger partial charge in [-0.3, -0.25) is 4.79 Å². The van der Waals surface area contributed by atoms with E-state index in [1.54, 1.807) is 0 Å². The minimum absolute atomic E-state index is 0.0897. The highest BCUT2D eigenvalue weighted by molar-refractivity contribution is 5.69. The second-order valence-corrected chi connectivity index (χ2v) is 2.65. The van der Waals surface area contributed by atoms with Gasteiger partial charge in [0.1, 0.15) is 0 Å². The third-order valence-electron chi connectivity index (χ3n) is 1.61. The fourth-order valence-corrected chi connectivity index (χ4v) is 0.942. The van der Waals surface area contributed by atoms with Gasteiger partial charge >= 0.3 is 5.97 Å². The standard InChI is InChI=1S/C8H14O3/c1-2-10-8(9)5-3-4-7-6-11-7/h7H,2-6H2,1H3/t7-/m1/s1. The van der Waals surface area contributed by atoms with Crippen LogP contribution in [0.5, 0.6) is 0 Å². The molecule has 0 aromatic rings. The van der Waals surface area contributed by atoms with Gasteiger partial charge in [-0.05, 0) is 19.8 Å². The largest absolute Gasteiger partial charge is 0.466 e. The van der Waals surface area contributed by atoms with E-state index < -0.39 is 0 Å². The zero-order valence-electron chi connectivity index (χ0n) is 6.84. The van der Waals surface area contributed by atoms with Gasteiger partial charge in [-0.2, -0.15) is 0 Å². The van der Waals surface area contributed by atoms with Crippen molar-refractivity contribution >= 4 is 5.97 Å². The first-order valence-corrected chi connectivity index (χ1v) is 4.10. The maximum atomic E-state index is 10.8. The molecule has 1 saturated heterocycles. The van der Waals surface area contributed by atoms with Crippen molar-refractivity contribution in [1.82, 2.24) is 0 Å². The first kappa shape index (κ1) is 8.53. The third kappa shape index (κ3) is 3.98. The van der Waals surface area contributed by atoms with E-state index in [0.29, 0.717) is 19.1 Å². The summed E-state index contributed by atoms with van der Waals surface area (Å²) in [5, 5.41) is 0. The smallest absolute Gasteiger partial charge is 0.305 e. The van der Waals surface area contributed by atoms with E-state index in [1.807, 2.05) is 6.92 Å². The molecule has 64 valence electrons. The Labute approximate surface area is 66.7 Å². The molecule has 0 radical (unpaired) electrons. The first-order chi connectivity index (χ1) is 5.33. The number of epoxide rings is 1. The molecule has 1 aliphatic rings. The molecule has 0 amide bonds. The number of hydrogen-bond acceptors (Lipinski definition) is 3. The van der Waals surface area contributed by atoms with E-state index in [9.17, 15) is 4.79 Å². The van der Waals surface area contributed by atoms with Crippen molar-refractivity contribution in [1.29, 1.82) is 0 Å². The van der Waals surface area contributed by atoms with Crippen LogP contribution in [-0.2, 0) is 14.3 Å². The highest BCUT2D eigenvalue weighted by atomic mass is 16.6. The Morgan fingerprint density at radius 2 is 2.45 bits per heavy atom. The van der Waals surface area contributed by atoms with Crippen LogP contribution in [0, 0.1) is 0 Å². The summed E-state index contributed by atoms with van der Waals surface area (Å²) in [6.45, 7) is 3.18. The molecule has 3 nitrogen and oxygen atoms in total. The fourth-order valence-electron chi connectivity index (χ4n) is 0.942. The van der Waals surface area contributed by atoms with Crippen LogP contribution < -0.4 is 0 Å². The number of carbonyl (C=O) groups is 1. The summed E-state index contributed by atoms with van der Waals surface area (Å²) in [4.78, 5) is 10.8. The minimum Gasteiger partial charge on any atom is -0.466 e. The first-order valence-electron chi connectivity index (χ1n) is 4.10. The molecule has 1 fully saturated rings. The van der Waals surface area contributed by atoms with Crippen molar-refractivity contribution in [2.75, 3.05) is 13.2 Å². The maximum Gasteiger partial charge on any atom is 0.305 e. The lowest BCUT2D eigenvalue weighted by molar-refractivity contribution is -0.143. The second-order valence-electron chi connectivity index (χ2n) is 2.65. The number of carbonyl (C=O) groups excluding carboxylic acids is 1. The van der Waals surface area contributed by atoms with Crippen LogP contribution in [0.2, 0.25) is 0 Å². The molecule has 1 rings (SSSR count). The lowest BCUT2D eigenvalue weighted by atomic mass is 10.2. The number of esters is 1. The number of rotatable bonds is 5. The van der Waals surface area contributed by atoms with Crippen molar-refractivity contribution in [3.05, 3.63) is 0 Å². The molecule has 0 aromatic carbocycles. The van der Waals surface area contributed by atoms with Crippen LogP contribution in [0.3, 0.4) is 0 Å². The van der Waals surface area contributed by atoms with Crippen molar-refractivity contribution in [2.24, 2.45) is 0 Å². The summed E-state index contributed by atoms with van der Waals surface area (Å²) >= 11 is 0. The van der Waals surface area contributed by atoms with Crippen LogP contribution in [0.4, 0.5) is 0 Å². The van der Waals surface area contributed by atoms with Crippen LogP contribution in [0.1, 0.15) is 26.2 Å². The Hall–Kier alpha value is -0.570. The van der Waals surface area contributed by atoms with E-state index in [0.717, 1.165) is 19.4 Å². The number of ether oxygens (including phenoxy) is 2. The van der Waals surface area contributed by atoms with Crippen molar-refractivity contribution in [3.63, 3.8) is 0 Å². The van der Waals surface area contributed by atoms with Gasteiger partial charge in [-0.1, -0.05) is 0 Å². The van der Waals surface area contributed by atoms with E-state index in [-0.39, 0.29) is 5.97 Å². The topological polar surface area (TPSA) is 38.8 Å². The van der Waals surface area contributed by atoms with Gasteiger partial charge in [-0.15, -0.1) is 0 Å². The fraction of sp³-hybridized carbons (Fsp3) is 0.875. The number of hydrogen-bond donors (Lipinski definition) is 0. The highest BCUT2D eigenvalue weighted by Gasteiger charge is 2.21. The molecule has 0 saturated carbocycles. The van der Waals surface area contributed by atoms with Gasteiger partial charge in [0.2, 0.25) is 0 Å². The van der Waals surface area contributed by atoms with Gasteiger partial charge in [0.15, 0.2) is 0 Å². The van der Waals surface area contributed by atoms with Crippen LogP contribution >= 0.6 is 0 Å². The third-order valence-corrected chi connectivity index (χ3v) is 1.61. The quantitative estimate of drug-likeness (QED) is 0.444. The molecular weight excluding hydrogens is 144 g/mol. The van der Waals surface area contributed by atoms with Crippen LogP contribution in [0.15, 0.2) is 0 Å². The molecule has 0 bridgehead atoms. The average Bonchev–Trinajstić information content (AvgIpc) is 2.72. The Morgan fingerprint density at radius 1 is 1.73 bits per heavy atom. The predicted molar refractivity (Wildman–Crippen MR) is 40.2 cm³/mol. The summed E-state index contributed by atoms with van der Waals surface area (Å²) in [7, 11) is 0. The summed E-state index contributed by atoms with van der Waals surface area (Å²) in [6.07, 6.45) is 2.86. The second kappa shape index (κ2) is 4.34. The van der Waals surface area contributed by atoms with Gasteiger partial charge in [0, 0.05) is 6.42 Å². The lowest BCUT2D eigenvalue weighted by Gasteiger charge is -1.99. The molecule has 11 heavy (non-hydrogen) atoms. The zero-order valence-corrected chi connectivity index (χ0v) is 6.84. The van der Waals surface area contributed by atoms with E-state index in [4.69, 9.17) is 9.47 Å². The SMILES string of the molecule is CCOC(=O)CCC[C@@H]1CO1. The Balaban J connectivity index is 1.88. The molecule has 3 heteroatoms. The summed E-state index contributed by atoms with van der Waals surface area (Å²) < 4.78 is 9.76. The molecule has 0 aromatic heterocycles. The predicted octanol–water partition coefficient (Wildman–Crippen LogP) is 1.12.